The second-order valence-electron chi connectivity index (χ2n) is 6.14. The molecule has 1 aromatic rings. The van der Waals surface area contributed by atoms with E-state index in [9.17, 15) is 0 Å². The second kappa shape index (κ2) is 8.08. The van der Waals surface area contributed by atoms with Crippen molar-refractivity contribution in [3.63, 3.8) is 0 Å². The third-order valence-corrected chi connectivity index (χ3v) is 4.33. The quantitative estimate of drug-likeness (QED) is 0.865. The smallest absolute Gasteiger partial charge is 0.0868 e. The zero-order valence-corrected chi connectivity index (χ0v) is 16.1. The lowest BCUT2D eigenvalue weighted by molar-refractivity contribution is 0.235. The van der Waals surface area contributed by atoms with E-state index in [0.29, 0.717) is 6.04 Å². The van der Waals surface area contributed by atoms with E-state index in [0.717, 1.165) is 29.2 Å². The molecule has 3 rings (SSSR count). The van der Waals surface area contributed by atoms with Crippen LogP contribution in [0.15, 0.2) is 66.5 Å². The van der Waals surface area contributed by atoms with Crippen molar-refractivity contribution >= 4 is 5.70 Å². The maximum atomic E-state index is 4.02. The minimum absolute atomic E-state index is 0.318. The summed E-state index contributed by atoms with van der Waals surface area (Å²) in [4.78, 5) is 2.21. The number of allylic oxidation sites excluding steroid dienone is 2. The molecule has 0 aromatic heterocycles. The molecular formula is C21H30N4. The summed E-state index contributed by atoms with van der Waals surface area (Å²) >= 11 is 0. The fourth-order valence-electron chi connectivity index (χ4n) is 3.23. The topological polar surface area (TPSA) is 30.5 Å². The lowest BCUT2D eigenvalue weighted by Crippen LogP contribution is -2.42. The van der Waals surface area contributed by atoms with E-state index in [4.69, 9.17) is 0 Å². The van der Waals surface area contributed by atoms with E-state index < -0.39 is 0 Å². The second-order valence-corrected chi connectivity index (χ2v) is 6.14. The Balaban J connectivity index is 0.00000109. The number of hydrazine groups is 2. The van der Waals surface area contributed by atoms with E-state index in [1.807, 2.05) is 26.0 Å². The zero-order valence-electron chi connectivity index (χ0n) is 16.1. The predicted octanol–water partition coefficient (Wildman–Crippen LogP) is 4.19. The Kier molecular flexibility index (Phi) is 6.10. The maximum absolute atomic E-state index is 4.02. The molecule has 2 N–H and O–H groups in total. The van der Waals surface area contributed by atoms with E-state index in [-0.39, 0.29) is 0 Å². The Bertz CT molecular complexity index is 712. The Labute approximate surface area is 152 Å². The average molecular weight is 338 g/mol. The molecule has 134 valence electrons. The summed E-state index contributed by atoms with van der Waals surface area (Å²) in [6.07, 6.45) is 3.80. The summed E-state index contributed by atoms with van der Waals surface area (Å²) in [5, 5.41) is 2.17. The SMILES string of the molecule is C=C/C1=C(\C=C)N(C)Cc2ccccc2C2=C1NNN2C(C)C.CC. The molecule has 0 aliphatic carbocycles. The standard InChI is InChI=1S/C19H24N4.C2H6/c1-6-15-17(7-2)22(5)12-14-10-8-9-11-16(14)19-18(15)20-21-23(19)13(3)4;1-2/h6-11,13,20-21H,1-2,12H2,3-5H3;1-2H3/b17-15-;. The molecule has 0 unspecified atom stereocenters. The van der Waals surface area contributed by atoms with E-state index >= 15 is 0 Å². The van der Waals surface area contributed by atoms with Crippen LogP contribution < -0.4 is 11.0 Å². The van der Waals surface area contributed by atoms with Gasteiger partial charge in [0, 0.05) is 36.5 Å². The van der Waals surface area contributed by atoms with Crippen molar-refractivity contribution in [2.75, 3.05) is 7.05 Å². The molecule has 25 heavy (non-hydrogen) atoms. The number of likely N-dealkylation sites (N-methyl/N-ethyl adjacent to an activating group) is 1. The molecule has 0 spiro atoms. The van der Waals surface area contributed by atoms with E-state index in [1.165, 1.54) is 11.1 Å². The van der Waals surface area contributed by atoms with Gasteiger partial charge in [0.15, 0.2) is 0 Å². The highest BCUT2D eigenvalue weighted by molar-refractivity contribution is 5.76. The van der Waals surface area contributed by atoms with Gasteiger partial charge in [-0.3, -0.25) is 5.01 Å². The molecule has 0 fully saturated rings. The van der Waals surface area contributed by atoms with Gasteiger partial charge in [-0.05, 0) is 25.5 Å². The Hall–Kier alpha value is -2.46. The first kappa shape index (κ1) is 18.9. The monoisotopic (exact) mass is 338 g/mol. The summed E-state index contributed by atoms with van der Waals surface area (Å²) < 4.78 is 0. The normalized spacial score (nSPS) is 19.3. The fourth-order valence-corrected chi connectivity index (χ4v) is 3.23. The molecule has 2 aliphatic heterocycles. The van der Waals surface area contributed by atoms with Crippen molar-refractivity contribution in [1.82, 2.24) is 20.9 Å². The van der Waals surface area contributed by atoms with Crippen LogP contribution in [0.1, 0.15) is 38.8 Å². The largest absolute Gasteiger partial charge is 0.370 e. The summed E-state index contributed by atoms with van der Waals surface area (Å²) in [6.45, 7) is 17.2. The van der Waals surface area contributed by atoms with Crippen LogP contribution in [0.4, 0.5) is 0 Å². The van der Waals surface area contributed by atoms with Crippen molar-refractivity contribution in [1.29, 1.82) is 0 Å². The van der Waals surface area contributed by atoms with Crippen LogP contribution in [0, 0.1) is 0 Å². The van der Waals surface area contributed by atoms with Crippen molar-refractivity contribution in [3.05, 3.63) is 77.7 Å². The predicted molar refractivity (Wildman–Crippen MR) is 107 cm³/mol. The highest BCUT2D eigenvalue weighted by Crippen LogP contribution is 2.36. The lowest BCUT2D eigenvalue weighted by atomic mass is 9.96. The first-order chi connectivity index (χ1) is 12.1. The van der Waals surface area contributed by atoms with Crippen LogP contribution in [0.2, 0.25) is 0 Å². The maximum Gasteiger partial charge on any atom is 0.0868 e. The van der Waals surface area contributed by atoms with Crippen LogP contribution in [0.3, 0.4) is 0 Å². The van der Waals surface area contributed by atoms with Gasteiger partial charge >= 0.3 is 0 Å². The molecule has 1 aromatic carbocycles. The van der Waals surface area contributed by atoms with Crippen LogP contribution in [0.5, 0.6) is 0 Å². The molecule has 0 bridgehead atoms. The van der Waals surface area contributed by atoms with Gasteiger partial charge in [0.2, 0.25) is 0 Å². The van der Waals surface area contributed by atoms with Crippen LogP contribution >= 0.6 is 0 Å². The third-order valence-electron chi connectivity index (χ3n) is 4.33. The minimum Gasteiger partial charge on any atom is -0.370 e. The first-order valence-corrected chi connectivity index (χ1v) is 8.92. The molecule has 0 saturated heterocycles. The highest BCUT2D eigenvalue weighted by Gasteiger charge is 2.31. The molecule has 0 radical (unpaired) electrons. The first-order valence-electron chi connectivity index (χ1n) is 8.92. The zero-order chi connectivity index (χ0) is 18.6. The number of fused-ring (bicyclic) bond motifs is 2. The van der Waals surface area contributed by atoms with Gasteiger partial charge < -0.3 is 10.3 Å². The van der Waals surface area contributed by atoms with Gasteiger partial charge in [-0.2, -0.15) is 0 Å². The number of nitrogens with one attached hydrogen (secondary N) is 2. The molecule has 0 amide bonds. The molecule has 4 heteroatoms. The van der Waals surface area contributed by atoms with Gasteiger partial charge in [-0.1, -0.05) is 57.3 Å². The summed E-state index contributed by atoms with van der Waals surface area (Å²) in [5.74, 6) is 0. The van der Waals surface area contributed by atoms with Crippen LogP contribution in [0.25, 0.3) is 5.70 Å². The number of rotatable bonds is 3. The van der Waals surface area contributed by atoms with Crippen molar-refractivity contribution in [2.24, 2.45) is 0 Å². The van der Waals surface area contributed by atoms with Gasteiger partial charge in [0.05, 0.1) is 11.4 Å². The Morgan fingerprint density at radius 2 is 1.80 bits per heavy atom. The van der Waals surface area contributed by atoms with Gasteiger partial charge in [0.25, 0.3) is 0 Å². The van der Waals surface area contributed by atoms with Crippen LogP contribution in [-0.4, -0.2) is 23.0 Å². The third kappa shape index (κ3) is 3.35. The molecule has 2 heterocycles. The summed E-state index contributed by atoms with van der Waals surface area (Å²) in [7, 11) is 2.09. The van der Waals surface area contributed by atoms with Crippen molar-refractivity contribution in [3.8, 4) is 0 Å². The molecule has 0 atom stereocenters. The fraction of sp³-hybridized carbons (Fsp3) is 0.333. The average Bonchev–Trinajstić information content (AvgIpc) is 3.05. The minimum atomic E-state index is 0.318. The number of nitrogens with zero attached hydrogens (tertiary/aromatic N) is 2. The van der Waals surface area contributed by atoms with E-state index in [1.54, 1.807) is 0 Å². The number of hydrogen-bond acceptors (Lipinski definition) is 4. The Morgan fingerprint density at radius 3 is 2.40 bits per heavy atom. The van der Waals surface area contributed by atoms with Gasteiger partial charge in [-0.25, -0.2) is 0 Å². The van der Waals surface area contributed by atoms with Gasteiger partial charge in [-0.15, -0.1) is 5.53 Å². The molecule has 4 nitrogen and oxygen atoms in total. The Morgan fingerprint density at radius 1 is 1.12 bits per heavy atom. The van der Waals surface area contributed by atoms with Crippen LogP contribution in [-0.2, 0) is 6.54 Å². The van der Waals surface area contributed by atoms with Crippen molar-refractivity contribution in [2.45, 2.75) is 40.3 Å². The lowest BCUT2D eigenvalue weighted by Gasteiger charge is -2.30. The number of benzene rings is 1. The molecule has 0 saturated carbocycles. The summed E-state index contributed by atoms with van der Waals surface area (Å²) in [5.41, 5.74) is 13.5. The summed E-state index contributed by atoms with van der Waals surface area (Å²) in [6, 6.07) is 8.87. The highest BCUT2D eigenvalue weighted by atomic mass is 15.7. The van der Waals surface area contributed by atoms with E-state index in [2.05, 4.69) is 79.2 Å². The number of hydrogen-bond donors (Lipinski definition) is 2. The van der Waals surface area contributed by atoms with Crippen molar-refractivity contribution < 1.29 is 0 Å². The molecular weight excluding hydrogens is 308 g/mol. The molecule has 2 aliphatic rings. The van der Waals surface area contributed by atoms with Gasteiger partial charge in [0.1, 0.15) is 0 Å².